The van der Waals surface area contributed by atoms with Gasteiger partial charge in [-0.05, 0) is 36.2 Å². The van der Waals surface area contributed by atoms with Crippen LogP contribution in [0, 0.1) is 5.92 Å². The third-order valence-electron chi connectivity index (χ3n) is 5.47. The molecule has 0 radical (unpaired) electrons. The Balaban J connectivity index is 1.48. The standard InChI is InChI=1S/C19H20N4/c1-22-10-16-11-23(12-19(16)22)17-6-15(8-20-9-17)14-3-2-13-4-5-21-18(13)7-14/h2-9,16,19,21H,10-12H2,1H3/t16-,19-/m1/s1. The molecule has 4 heterocycles. The Morgan fingerprint density at radius 2 is 2.00 bits per heavy atom. The summed E-state index contributed by atoms with van der Waals surface area (Å²) in [5.41, 5.74) is 4.82. The second kappa shape index (κ2) is 4.83. The van der Waals surface area contributed by atoms with E-state index in [0.717, 1.165) is 25.0 Å². The van der Waals surface area contributed by atoms with Crippen molar-refractivity contribution in [2.75, 3.05) is 31.6 Å². The summed E-state index contributed by atoms with van der Waals surface area (Å²) in [6, 6.07) is 11.7. The lowest BCUT2D eigenvalue weighted by atomic mass is 9.93. The number of likely N-dealkylation sites (N-methyl/N-ethyl adjacent to an activating group) is 1. The highest BCUT2D eigenvalue weighted by molar-refractivity contribution is 5.85. The monoisotopic (exact) mass is 304 g/mol. The Kier molecular flexibility index (Phi) is 2.76. The Morgan fingerprint density at radius 3 is 2.87 bits per heavy atom. The molecule has 23 heavy (non-hydrogen) atoms. The van der Waals surface area contributed by atoms with E-state index in [1.807, 2.05) is 18.6 Å². The number of likely N-dealkylation sites (tertiary alicyclic amines) is 1. The van der Waals surface area contributed by atoms with Gasteiger partial charge in [0.1, 0.15) is 0 Å². The molecule has 0 saturated carbocycles. The number of anilines is 1. The van der Waals surface area contributed by atoms with Gasteiger partial charge in [0.2, 0.25) is 0 Å². The molecule has 2 aromatic heterocycles. The summed E-state index contributed by atoms with van der Waals surface area (Å²) in [6.07, 6.45) is 5.95. The molecule has 3 aromatic rings. The molecule has 4 nitrogen and oxygen atoms in total. The molecular weight excluding hydrogens is 284 g/mol. The van der Waals surface area contributed by atoms with Crippen LogP contribution in [0.2, 0.25) is 0 Å². The van der Waals surface area contributed by atoms with E-state index in [2.05, 4.69) is 57.1 Å². The van der Waals surface area contributed by atoms with Crippen LogP contribution >= 0.6 is 0 Å². The van der Waals surface area contributed by atoms with E-state index in [4.69, 9.17) is 0 Å². The third kappa shape index (κ3) is 2.05. The highest BCUT2D eigenvalue weighted by Gasteiger charge is 2.43. The van der Waals surface area contributed by atoms with Gasteiger partial charge in [-0.25, -0.2) is 0 Å². The van der Waals surface area contributed by atoms with E-state index in [1.165, 1.54) is 34.3 Å². The van der Waals surface area contributed by atoms with Crippen LogP contribution in [-0.2, 0) is 0 Å². The fraction of sp³-hybridized carbons (Fsp3) is 0.316. The Bertz CT molecular complexity index is 868. The molecule has 2 aliphatic rings. The minimum Gasteiger partial charge on any atom is -0.368 e. The summed E-state index contributed by atoms with van der Waals surface area (Å²) in [6.45, 7) is 3.52. The number of rotatable bonds is 2. The summed E-state index contributed by atoms with van der Waals surface area (Å²) in [4.78, 5) is 12.7. The second-order valence-corrected chi connectivity index (χ2v) is 6.88. The van der Waals surface area contributed by atoms with Gasteiger partial charge in [0, 0.05) is 55.1 Å². The van der Waals surface area contributed by atoms with Crippen LogP contribution < -0.4 is 4.90 Å². The lowest BCUT2D eigenvalue weighted by molar-refractivity contribution is 0.0827. The van der Waals surface area contributed by atoms with E-state index in [9.17, 15) is 0 Å². The number of nitrogens with zero attached hydrogens (tertiary/aromatic N) is 3. The average Bonchev–Trinajstić information content (AvgIpc) is 3.18. The summed E-state index contributed by atoms with van der Waals surface area (Å²) >= 11 is 0. The molecule has 0 spiro atoms. The summed E-state index contributed by atoms with van der Waals surface area (Å²) < 4.78 is 0. The molecular formula is C19H20N4. The van der Waals surface area contributed by atoms with E-state index >= 15 is 0 Å². The molecule has 2 aliphatic heterocycles. The predicted octanol–water partition coefficient (Wildman–Crippen LogP) is 2.98. The number of hydrogen-bond donors (Lipinski definition) is 1. The topological polar surface area (TPSA) is 35.2 Å². The smallest absolute Gasteiger partial charge is 0.0559 e. The van der Waals surface area contributed by atoms with Crippen LogP contribution in [0.4, 0.5) is 5.69 Å². The number of aromatic nitrogens is 2. The van der Waals surface area contributed by atoms with Crippen LogP contribution in [0.25, 0.3) is 22.0 Å². The molecule has 0 amide bonds. The summed E-state index contributed by atoms with van der Waals surface area (Å²) in [7, 11) is 2.23. The van der Waals surface area contributed by atoms with Crippen molar-refractivity contribution >= 4 is 16.6 Å². The second-order valence-electron chi connectivity index (χ2n) is 6.88. The van der Waals surface area contributed by atoms with Gasteiger partial charge in [-0.2, -0.15) is 0 Å². The number of pyridine rings is 1. The molecule has 0 bridgehead atoms. The van der Waals surface area contributed by atoms with Crippen molar-refractivity contribution in [1.29, 1.82) is 0 Å². The maximum Gasteiger partial charge on any atom is 0.0559 e. The number of nitrogens with one attached hydrogen (secondary N) is 1. The summed E-state index contributed by atoms with van der Waals surface area (Å²) in [5, 5.41) is 1.25. The number of fused-ring (bicyclic) bond motifs is 2. The molecule has 2 saturated heterocycles. The predicted molar refractivity (Wildman–Crippen MR) is 93.7 cm³/mol. The fourth-order valence-corrected chi connectivity index (χ4v) is 4.10. The molecule has 0 aliphatic carbocycles. The highest BCUT2D eigenvalue weighted by Crippen LogP contribution is 2.34. The van der Waals surface area contributed by atoms with E-state index in [0.29, 0.717) is 0 Å². The molecule has 116 valence electrons. The van der Waals surface area contributed by atoms with Gasteiger partial charge in [0.25, 0.3) is 0 Å². The van der Waals surface area contributed by atoms with Crippen LogP contribution in [0.3, 0.4) is 0 Å². The van der Waals surface area contributed by atoms with Gasteiger partial charge in [-0.15, -0.1) is 0 Å². The Labute approximate surface area is 135 Å². The molecule has 5 rings (SSSR count). The van der Waals surface area contributed by atoms with Gasteiger partial charge >= 0.3 is 0 Å². The van der Waals surface area contributed by atoms with Gasteiger partial charge in [-0.3, -0.25) is 4.98 Å². The van der Waals surface area contributed by atoms with Crippen molar-refractivity contribution in [2.24, 2.45) is 5.92 Å². The zero-order valence-corrected chi connectivity index (χ0v) is 13.2. The molecule has 1 aromatic carbocycles. The van der Waals surface area contributed by atoms with Crippen molar-refractivity contribution < 1.29 is 0 Å². The molecule has 1 N–H and O–H groups in total. The SMILES string of the molecule is CN1C[C@@H]2CN(c3cncc(-c4ccc5cc[nH]c5c4)c3)C[C@H]21. The highest BCUT2D eigenvalue weighted by atomic mass is 15.3. The maximum atomic E-state index is 4.50. The largest absolute Gasteiger partial charge is 0.368 e. The van der Waals surface area contributed by atoms with Crippen molar-refractivity contribution in [3.8, 4) is 11.1 Å². The van der Waals surface area contributed by atoms with Gasteiger partial charge < -0.3 is 14.8 Å². The van der Waals surface area contributed by atoms with Crippen molar-refractivity contribution in [3.63, 3.8) is 0 Å². The first kappa shape index (κ1) is 13.1. The molecule has 2 fully saturated rings. The summed E-state index contributed by atoms with van der Waals surface area (Å²) in [5.74, 6) is 0.832. The van der Waals surface area contributed by atoms with Crippen molar-refractivity contribution in [3.05, 3.63) is 48.9 Å². The first-order valence-electron chi connectivity index (χ1n) is 8.26. The van der Waals surface area contributed by atoms with Crippen LogP contribution in [-0.4, -0.2) is 47.6 Å². The van der Waals surface area contributed by atoms with Crippen LogP contribution in [0.1, 0.15) is 0 Å². The lowest BCUT2D eigenvalue weighted by Gasteiger charge is -2.40. The zero-order valence-electron chi connectivity index (χ0n) is 13.2. The Hall–Kier alpha value is -2.33. The van der Waals surface area contributed by atoms with Gasteiger partial charge in [0.15, 0.2) is 0 Å². The minimum atomic E-state index is 0.730. The molecule has 0 unspecified atom stereocenters. The van der Waals surface area contributed by atoms with Crippen LogP contribution in [0.15, 0.2) is 48.9 Å². The van der Waals surface area contributed by atoms with E-state index in [-0.39, 0.29) is 0 Å². The fourth-order valence-electron chi connectivity index (χ4n) is 4.10. The minimum absolute atomic E-state index is 0.730. The van der Waals surface area contributed by atoms with Gasteiger partial charge in [0.05, 0.1) is 11.9 Å². The first-order valence-corrected chi connectivity index (χ1v) is 8.26. The van der Waals surface area contributed by atoms with Crippen molar-refractivity contribution in [2.45, 2.75) is 6.04 Å². The van der Waals surface area contributed by atoms with E-state index in [1.54, 1.807) is 0 Å². The molecule has 2 atom stereocenters. The average molecular weight is 304 g/mol. The van der Waals surface area contributed by atoms with Crippen molar-refractivity contribution in [1.82, 2.24) is 14.9 Å². The number of hydrogen-bond acceptors (Lipinski definition) is 3. The van der Waals surface area contributed by atoms with Gasteiger partial charge in [-0.1, -0.05) is 12.1 Å². The normalized spacial score (nSPS) is 24.0. The first-order chi connectivity index (χ1) is 11.3. The number of H-pyrrole nitrogens is 1. The quantitative estimate of drug-likeness (QED) is 0.790. The molecule has 4 heteroatoms. The Morgan fingerprint density at radius 1 is 1.04 bits per heavy atom. The van der Waals surface area contributed by atoms with Crippen LogP contribution in [0.5, 0.6) is 0 Å². The number of aromatic amines is 1. The third-order valence-corrected chi connectivity index (χ3v) is 5.47. The lowest BCUT2D eigenvalue weighted by Crippen LogP contribution is -2.52. The zero-order chi connectivity index (χ0) is 15.4. The van der Waals surface area contributed by atoms with E-state index < -0.39 is 0 Å². The number of benzene rings is 1. The maximum absolute atomic E-state index is 4.50.